The Kier molecular flexibility index (Phi) is 2.14. The molecule has 0 saturated heterocycles. The van der Waals surface area contributed by atoms with Gasteiger partial charge in [-0.25, -0.2) is 14.1 Å². The summed E-state index contributed by atoms with van der Waals surface area (Å²) in [6.45, 7) is 0. The highest BCUT2D eigenvalue weighted by atomic mass is 19.1. The molecule has 0 atom stereocenters. The topological polar surface area (TPSA) is 56.7 Å². The van der Waals surface area contributed by atoms with Gasteiger partial charge < -0.3 is 5.73 Å². The number of aromatic nitrogens is 3. The first-order valence-corrected chi connectivity index (χ1v) is 5.61. The van der Waals surface area contributed by atoms with E-state index in [1.54, 1.807) is 17.8 Å². The normalized spacial score (nSPS) is 15.2. The van der Waals surface area contributed by atoms with E-state index in [0.29, 0.717) is 23.0 Å². The van der Waals surface area contributed by atoms with Crippen LogP contribution in [-0.2, 0) is 7.05 Å². The van der Waals surface area contributed by atoms with Crippen LogP contribution in [0.1, 0.15) is 24.6 Å². The van der Waals surface area contributed by atoms with Crippen molar-refractivity contribution in [1.29, 1.82) is 0 Å². The summed E-state index contributed by atoms with van der Waals surface area (Å²) in [5.41, 5.74) is 6.96. The lowest BCUT2D eigenvalue weighted by atomic mass is 10.1. The van der Waals surface area contributed by atoms with Gasteiger partial charge in [-0.3, -0.25) is 0 Å². The predicted molar refractivity (Wildman–Crippen MR) is 62.8 cm³/mol. The number of anilines is 1. The second-order valence-electron chi connectivity index (χ2n) is 4.42. The molecule has 0 radical (unpaired) electrons. The molecule has 88 valence electrons. The molecule has 3 rings (SSSR count). The molecule has 1 aliphatic rings. The Morgan fingerprint density at radius 1 is 1.41 bits per heavy atom. The molecule has 0 spiro atoms. The third-order valence-corrected chi connectivity index (χ3v) is 2.98. The van der Waals surface area contributed by atoms with Gasteiger partial charge in [0.1, 0.15) is 5.82 Å². The lowest BCUT2D eigenvalue weighted by Crippen LogP contribution is -1.98. The van der Waals surface area contributed by atoms with Crippen LogP contribution in [0.15, 0.2) is 18.2 Å². The summed E-state index contributed by atoms with van der Waals surface area (Å²) >= 11 is 0. The molecule has 17 heavy (non-hydrogen) atoms. The molecule has 1 saturated carbocycles. The van der Waals surface area contributed by atoms with Crippen LogP contribution >= 0.6 is 0 Å². The number of hydrogen-bond donors (Lipinski definition) is 1. The summed E-state index contributed by atoms with van der Waals surface area (Å²) in [7, 11) is 1.80. The van der Waals surface area contributed by atoms with E-state index in [1.165, 1.54) is 12.1 Å². The number of hydrogen-bond acceptors (Lipinski definition) is 3. The number of nitrogens with zero attached hydrogens (tertiary/aromatic N) is 3. The lowest BCUT2D eigenvalue weighted by molar-refractivity contribution is 0.628. The number of benzene rings is 1. The zero-order valence-electron chi connectivity index (χ0n) is 9.52. The fourth-order valence-electron chi connectivity index (χ4n) is 1.88. The van der Waals surface area contributed by atoms with Crippen LogP contribution in [0.25, 0.3) is 11.4 Å². The van der Waals surface area contributed by atoms with E-state index in [-0.39, 0.29) is 5.82 Å². The van der Waals surface area contributed by atoms with Crippen molar-refractivity contribution < 1.29 is 4.39 Å². The fourth-order valence-corrected chi connectivity index (χ4v) is 1.88. The quantitative estimate of drug-likeness (QED) is 0.806. The summed E-state index contributed by atoms with van der Waals surface area (Å²) < 4.78 is 14.9. The molecule has 0 amide bonds. The number of aryl methyl sites for hydroxylation is 1. The average Bonchev–Trinajstić information content (AvgIpc) is 3.07. The average molecular weight is 232 g/mol. The van der Waals surface area contributed by atoms with Crippen molar-refractivity contribution in [2.24, 2.45) is 7.05 Å². The highest BCUT2D eigenvalue weighted by molar-refractivity contribution is 5.71. The number of nitrogens with two attached hydrogens (primary N) is 1. The van der Waals surface area contributed by atoms with E-state index in [9.17, 15) is 4.39 Å². The third kappa shape index (κ3) is 1.77. The van der Waals surface area contributed by atoms with Crippen molar-refractivity contribution in [1.82, 2.24) is 14.8 Å². The van der Waals surface area contributed by atoms with Crippen molar-refractivity contribution >= 4 is 5.69 Å². The standard InChI is InChI=1S/C12H13FN4/c1-17-12(15-11(16-17)7-2-3-7)9-6-8(13)4-5-10(9)14/h4-7H,2-3,14H2,1H3. The first kappa shape index (κ1) is 10.3. The Bertz CT molecular complexity index is 572. The zero-order valence-corrected chi connectivity index (χ0v) is 9.52. The van der Waals surface area contributed by atoms with E-state index in [4.69, 9.17) is 5.73 Å². The SMILES string of the molecule is Cn1nc(C2CC2)nc1-c1cc(F)ccc1N. The van der Waals surface area contributed by atoms with Crippen molar-refractivity contribution in [3.05, 3.63) is 29.8 Å². The Hall–Kier alpha value is -1.91. The van der Waals surface area contributed by atoms with Gasteiger partial charge in [-0.05, 0) is 31.0 Å². The monoisotopic (exact) mass is 232 g/mol. The van der Waals surface area contributed by atoms with Crippen LogP contribution in [-0.4, -0.2) is 14.8 Å². The molecule has 5 heteroatoms. The maximum Gasteiger partial charge on any atom is 0.160 e. The Morgan fingerprint density at radius 2 is 2.18 bits per heavy atom. The number of rotatable bonds is 2. The van der Waals surface area contributed by atoms with Crippen LogP contribution in [0.5, 0.6) is 0 Å². The van der Waals surface area contributed by atoms with Crippen LogP contribution in [0.4, 0.5) is 10.1 Å². The van der Waals surface area contributed by atoms with Crippen LogP contribution in [0.3, 0.4) is 0 Å². The molecule has 4 nitrogen and oxygen atoms in total. The minimum Gasteiger partial charge on any atom is -0.398 e. The molecule has 0 bridgehead atoms. The first-order chi connectivity index (χ1) is 8.15. The molecular weight excluding hydrogens is 219 g/mol. The Labute approximate surface area is 98.3 Å². The lowest BCUT2D eigenvalue weighted by Gasteiger charge is -2.04. The van der Waals surface area contributed by atoms with Gasteiger partial charge in [-0.15, -0.1) is 0 Å². The van der Waals surface area contributed by atoms with Gasteiger partial charge in [-0.2, -0.15) is 5.10 Å². The fraction of sp³-hybridized carbons (Fsp3) is 0.333. The Morgan fingerprint density at radius 3 is 2.88 bits per heavy atom. The third-order valence-electron chi connectivity index (χ3n) is 2.98. The number of nitrogen functional groups attached to an aromatic ring is 1. The van der Waals surface area contributed by atoms with Crippen molar-refractivity contribution in [2.45, 2.75) is 18.8 Å². The van der Waals surface area contributed by atoms with Crippen LogP contribution < -0.4 is 5.73 Å². The van der Waals surface area contributed by atoms with Crippen molar-refractivity contribution in [3.63, 3.8) is 0 Å². The maximum atomic E-state index is 13.2. The molecule has 1 fully saturated rings. The second-order valence-corrected chi connectivity index (χ2v) is 4.42. The largest absolute Gasteiger partial charge is 0.398 e. The smallest absolute Gasteiger partial charge is 0.160 e. The first-order valence-electron chi connectivity index (χ1n) is 5.61. The van der Waals surface area contributed by atoms with E-state index in [0.717, 1.165) is 18.7 Å². The number of halogens is 1. The summed E-state index contributed by atoms with van der Waals surface area (Å²) in [4.78, 5) is 4.45. The van der Waals surface area contributed by atoms with Gasteiger partial charge in [0.05, 0.1) is 0 Å². The Balaban J connectivity index is 2.10. The molecule has 0 aliphatic heterocycles. The van der Waals surface area contributed by atoms with Gasteiger partial charge in [0, 0.05) is 24.2 Å². The van der Waals surface area contributed by atoms with Gasteiger partial charge >= 0.3 is 0 Å². The van der Waals surface area contributed by atoms with Gasteiger partial charge in [0.2, 0.25) is 0 Å². The highest BCUT2D eigenvalue weighted by Gasteiger charge is 2.29. The van der Waals surface area contributed by atoms with Gasteiger partial charge in [0.25, 0.3) is 0 Å². The minimum atomic E-state index is -0.315. The summed E-state index contributed by atoms with van der Waals surface area (Å²) in [6.07, 6.45) is 2.28. The van der Waals surface area contributed by atoms with Crippen molar-refractivity contribution in [2.75, 3.05) is 5.73 Å². The molecule has 2 aromatic rings. The molecule has 1 aromatic carbocycles. The highest BCUT2D eigenvalue weighted by Crippen LogP contribution is 2.39. The molecule has 1 aliphatic carbocycles. The molecule has 1 aromatic heterocycles. The van der Waals surface area contributed by atoms with E-state index in [2.05, 4.69) is 10.1 Å². The maximum absolute atomic E-state index is 13.2. The molecule has 0 unspecified atom stereocenters. The minimum absolute atomic E-state index is 0.315. The summed E-state index contributed by atoms with van der Waals surface area (Å²) in [5.74, 6) is 1.63. The van der Waals surface area contributed by atoms with Gasteiger partial charge in [-0.1, -0.05) is 0 Å². The van der Waals surface area contributed by atoms with Crippen LogP contribution in [0, 0.1) is 5.82 Å². The molecular formula is C12H13FN4. The van der Waals surface area contributed by atoms with E-state index in [1.807, 2.05) is 0 Å². The van der Waals surface area contributed by atoms with Crippen molar-refractivity contribution in [3.8, 4) is 11.4 Å². The predicted octanol–water partition coefficient (Wildman–Crippen LogP) is 2.08. The zero-order chi connectivity index (χ0) is 12.0. The second kappa shape index (κ2) is 3.55. The molecule has 1 heterocycles. The van der Waals surface area contributed by atoms with E-state index < -0.39 is 0 Å². The van der Waals surface area contributed by atoms with E-state index >= 15 is 0 Å². The van der Waals surface area contributed by atoms with Crippen LogP contribution in [0.2, 0.25) is 0 Å². The van der Waals surface area contributed by atoms with Gasteiger partial charge in [0.15, 0.2) is 11.6 Å². The summed E-state index contributed by atoms with van der Waals surface area (Å²) in [5, 5.41) is 4.35. The summed E-state index contributed by atoms with van der Waals surface area (Å²) in [6, 6.07) is 4.29. The molecule has 2 N–H and O–H groups in total.